The van der Waals surface area contributed by atoms with E-state index in [1.807, 2.05) is 6.92 Å². The van der Waals surface area contributed by atoms with Crippen LogP contribution in [0.3, 0.4) is 0 Å². The molecule has 1 aromatic rings. The maximum absolute atomic E-state index is 14.0. The largest absolute Gasteiger partial charge is 1.00 e. The molecule has 7 heteroatoms. The second-order valence-corrected chi connectivity index (χ2v) is 7.11. The Hall–Kier alpha value is -0.980. The van der Waals surface area contributed by atoms with Crippen LogP contribution in [0.1, 0.15) is 51.6 Å². The minimum absolute atomic E-state index is 0. The monoisotopic (exact) mass is 361 g/mol. The van der Waals surface area contributed by atoms with Gasteiger partial charge in [-0.2, -0.15) is 0 Å². The van der Waals surface area contributed by atoms with Gasteiger partial charge in [0.15, 0.2) is 0 Å². The van der Waals surface area contributed by atoms with E-state index in [-0.39, 0.29) is 35.1 Å². The van der Waals surface area contributed by atoms with E-state index in [2.05, 4.69) is 5.32 Å². The zero-order valence-electron chi connectivity index (χ0n) is 15.1. The average Bonchev–Trinajstić information content (AvgIpc) is 2.46. The molecule has 132 valence electrons. The molecule has 4 nitrogen and oxygen atoms in total. The van der Waals surface area contributed by atoms with Gasteiger partial charge in [0.1, 0.15) is 11.6 Å². The number of nitrogens with one attached hydrogen (secondary N) is 1. The fourth-order valence-electron chi connectivity index (χ4n) is 3.58. The number of amides is 1. The number of aliphatic carboxylic acids is 1. The molecule has 2 rings (SSSR count). The summed E-state index contributed by atoms with van der Waals surface area (Å²) < 4.78 is 27.4. The van der Waals surface area contributed by atoms with E-state index >= 15 is 0 Å². The number of rotatable bonds is 6. The minimum atomic E-state index is -1.25. The molecule has 1 amide bonds. The molecule has 0 saturated heterocycles. The summed E-state index contributed by atoms with van der Waals surface area (Å²) in [6.45, 7) is 5.41. The van der Waals surface area contributed by atoms with Crippen LogP contribution in [0.15, 0.2) is 18.2 Å². The molecule has 0 spiro atoms. The summed E-state index contributed by atoms with van der Waals surface area (Å²) in [5, 5.41) is 14.0. The van der Waals surface area contributed by atoms with Gasteiger partial charge in [0.25, 0.3) is 0 Å². The van der Waals surface area contributed by atoms with Crippen LogP contribution in [-0.4, -0.2) is 11.9 Å². The number of carbonyl (C=O) groups excluding carboxylic acids is 2. The first kappa shape index (κ1) is 22.1. The van der Waals surface area contributed by atoms with Gasteiger partial charge < -0.3 is 15.2 Å². The Balaban J connectivity index is 0.00000312. The molecule has 1 N–H and O–H groups in total. The molecule has 0 bridgehead atoms. The third-order valence-corrected chi connectivity index (χ3v) is 4.81. The van der Waals surface area contributed by atoms with Gasteiger partial charge >= 0.3 is 29.6 Å². The Morgan fingerprint density at radius 2 is 2.00 bits per heavy atom. The Morgan fingerprint density at radius 1 is 1.36 bits per heavy atom. The molecule has 0 aliphatic heterocycles. The van der Waals surface area contributed by atoms with E-state index in [1.54, 1.807) is 13.8 Å². The molecule has 0 aromatic heterocycles. The van der Waals surface area contributed by atoms with Crippen molar-refractivity contribution < 1.29 is 53.0 Å². The second-order valence-electron chi connectivity index (χ2n) is 7.11. The predicted molar refractivity (Wildman–Crippen MR) is 82.5 cm³/mol. The van der Waals surface area contributed by atoms with Gasteiger partial charge in [-0.3, -0.25) is 4.79 Å². The van der Waals surface area contributed by atoms with E-state index in [1.165, 1.54) is 0 Å². The smallest absolute Gasteiger partial charge is 0.550 e. The van der Waals surface area contributed by atoms with Crippen molar-refractivity contribution in [1.29, 1.82) is 0 Å². The Labute approximate surface area is 168 Å². The topological polar surface area (TPSA) is 69.2 Å². The van der Waals surface area contributed by atoms with E-state index in [0.717, 1.165) is 18.2 Å². The fraction of sp³-hybridized carbons (Fsp3) is 0.556. The van der Waals surface area contributed by atoms with Gasteiger partial charge in [0, 0.05) is 23.4 Å². The number of hydrogen-bond acceptors (Lipinski definition) is 3. The van der Waals surface area contributed by atoms with Gasteiger partial charge in [-0.05, 0) is 36.5 Å². The van der Waals surface area contributed by atoms with Crippen LogP contribution in [0.5, 0.6) is 0 Å². The van der Waals surface area contributed by atoms with Crippen LogP contribution in [0.25, 0.3) is 0 Å². The summed E-state index contributed by atoms with van der Waals surface area (Å²) in [5.41, 5.74) is -0.431. The molecule has 25 heavy (non-hydrogen) atoms. The molecule has 0 heterocycles. The van der Waals surface area contributed by atoms with Crippen LogP contribution in [0.2, 0.25) is 0 Å². The summed E-state index contributed by atoms with van der Waals surface area (Å²) >= 11 is 0. The first-order valence-corrected chi connectivity index (χ1v) is 8.13. The number of hydrogen-bond donors (Lipinski definition) is 1. The maximum atomic E-state index is 14.0. The summed E-state index contributed by atoms with van der Waals surface area (Å²) in [5.74, 6) is -4.47. The number of carbonyl (C=O) groups is 2. The Morgan fingerprint density at radius 3 is 2.52 bits per heavy atom. The van der Waals surface area contributed by atoms with Crippen LogP contribution in [0, 0.1) is 28.9 Å². The molecule has 1 aromatic carbocycles. The summed E-state index contributed by atoms with van der Waals surface area (Å²) in [7, 11) is 0. The standard InChI is InChI=1S/C18H23F2NO3.Na/c1-4-5-14(11-8-10(19)6-7-13(11)20)21-16(22)12-9-18(2,3)15(12)17(23)24;/h6-8,12,14-15H,4-5,9H2,1-3H3,(H,21,22)(H,23,24);/q;+1/p-1/t12-,14?,15+;/m1./s1. The molecular formula is C18H22F2NNaO3. The third kappa shape index (κ3) is 4.80. The molecule has 1 unspecified atom stereocenters. The van der Waals surface area contributed by atoms with Gasteiger partial charge in [0.2, 0.25) is 5.91 Å². The van der Waals surface area contributed by atoms with Crippen molar-refractivity contribution in [1.82, 2.24) is 5.32 Å². The molecule has 1 aliphatic rings. The van der Waals surface area contributed by atoms with Gasteiger partial charge in [-0.25, -0.2) is 8.78 Å². The summed E-state index contributed by atoms with van der Waals surface area (Å²) in [6, 6.07) is 2.42. The van der Waals surface area contributed by atoms with Gasteiger partial charge in [-0.1, -0.05) is 27.2 Å². The zero-order chi connectivity index (χ0) is 18.1. The van der Waals surface area contributed by atoms with E-state index in [4.69, 9.17) is 0 Å². The van der Waals surface area contributed by atoms with Crippen molar-refractivity contribution in [3.8, 4) is 0 Å². The molecule has 3 atom stereocenters. The van der Waals surface area contributed by atoms with E-state index < -0.39 is 46.8 Å². The van der Waals surface area contributed by atoms with Crippen LogP contribution in [-0.2, 0) is 9.59 Å². The number of benzene rings is 1. The van der Waals surface area contributed by atoms with Crippen molar-refractivity contribution in [2.45, 2.75) is 46.1 Å². The molecule has 1 aliphatic carbocycles. The first-order valence-electron chi connectivity index (χ1n) is 8.13. The first-order chi connectivity index (χ1) is 11.2. The second kappa shape index (κ2) is 8.60. The van der Waals surface area contributed by atoms with Gasteiger partial charge in [0.05, 0.1) is 6.04 Å². The van der Waals surface area contributed by atoms with E-state index in [9.17, 15) is 23.5 Å². The zero-order valence-corrected chi connectivity index (χ0v) is 17.1. The summed E-state index contributed by atoms with van der Waals surface area (Å²) in [4.78, 5) is 23.8. The number of halogens is 2. The van der Waals surface area contributed by atoms with Crippen LogP contribution >= 0.6 is 0 Å². The van der Waals surface area contributed by atoms with E-state index in [0.29, 0.717) is 19.3 Å². The number of carboxylic acids is 1. The average molecular weight is 361 g/mol. The summed E-state index contributed by atoms with van der Waals surface area (Å²) in [6.07, 6.45) is 1.50. The number of carboxylic acid groups (broad SMARTS) is 1. The quantitative estimate of drug-likeness (QED) is 0.684. The Kier molecular flexibility index (Phi) is 7.59. The molecular weight excluding hydrogens is 339 g/mol. The predicted octanol–water partition coefficient (Wildman–Crippen LogP) is -0.662. The van der Waals surface area contributed by atoms with Crippen molar-refractivity contribution >= 4 is 11.9 Å². The molecule has 1 fully saturated rings. The van der Waals surface area contributed by atoms with Crippen molar-refractivity contribution in [2.75, 3.05) is 0 Å². The van der Waals surface area contributed by atoms with Crippen LogP contribution in [0.4, 0.5) is 8.78 Å². The SMILES string of the molecule is CCCC(NC(=O)[C@@H]1CC(C)(C)[C@@H]1C(=O)[O-])c1cc(F)ccc1F.[Na+]. The molecule has 0 radical (unpaired) electrons. The van der Waals surface area contributed by atoms with Crippen LogP contribution < -0.4 is 40.0 Å². The fourth-order valence-corrected chi connectivity index (χ4v) is 3.58. The van der Waals surface area contributed by atoms with Crippen molar-refractivity contribution in [3.63, 3.8) is 0 Å². The minimum Gasteiger partial charge on any atom is -0.550 e. The van der Waals surface area contributed by atoms with Crippen molar-refractivity contribution in [3.05, 3.63) is 35.4 Å². The Bertz CT molecular complexity index is 651. The maximum Gasteiger partial charge on any atom is 1.00 e. The van der Waals surface area contributed by atoms with Gasteiger partial charge in [-0.15, -0.1) is 0 Å². The normalized spacial score (nSPS) is 22.3. The molecule has 1 saturated carbocycles. The third-order valence-electron chi connectivity index (χ3n) is 4.81. The van der Waals surface area contributed by atoms with Crippen molar-refractivity contribution in [2.24, 2.45) is 17.3 Å².